The lowest BCUT2D eigenvalue weighted by atomic mass is 9.44. The molecule has 0 aliphatic heterocycles. The molecular formula is C20H30O3. The third-order valence-corrected chi connectivity index (χ3v) is 8.84. The average molecular weight is 318 g/mol. The van der Waals surface area contributed by atoms with Crippen LogP contribution in [0.3, 0.4) is 0 Å². The Morgan fingerprint density at radius 3 is 2.39 bits per heavy atom. The number of carbonyl (C=O) groups excluding carboxylic acids is 2. The van der Waals surface area contributed by atoms with Crippen LogP contribution in [0.2, 0.25) is 0 Å². The van der Waals surface area contributed by atoms with Crippen molar-refractivity contribution in [2.24, 2.45) is 34.5 Å². The Morgan fingerprint density at radius 1 is 0.957 bits per heavy atom. The molecule has 3 nitrogen and oxygen atoms in total. The minimum Gasteiger partial charge on any atom is -0.390 e. The van der Waals surface area contributed by atoms with Crippen LogP contribution < -0.4 is 0 Å². The molecule has 0 aromatic heterocycles. The van der Waals surface area contributed by atoms with E-state index in [9.17, 15) is 14.7 Å². The van der Waals surface area contributed by atoms with Crippen molar-refractivity contribution in [1.29, 1.82) is 0 Å². The smallest absolute Gasteiger partial charge is 0.137 e. The summed E-state index contributed by atoms with van der Waals surface area (Å²) in [5.74, 6) is 2.03. The largest absolute Gasteiger partial charge is 0.390 e. The van der Waals surface area contributed by atoms with Crippen molar-refractivity contribution in [1.82, 2.24) is 0 Å². The van der Waals surface area contributed by atoms with Crippen LogP contribution in [0.5, 0.6) is 0 Å². The second-order valence-corrected chi connectivity index (χ2v) is 9.62. The first-order chi connectivity index (χ1) is 10.7. The zero-order valence-corrected chi connectivity index (χ0v) is 14.7. The van der Waals surface area contributed by atoms with Crippen LogP contribution >= 0.6 is 0 Å². The predicted octanol–water partition coefficient (Wildman–Crippen LogP) is 3.53. The molecule has 23 heavy (non-hydrogen) atoms. The van der Waals surface area contributed by atoms with Crippen molar-refractivity contribution in [2.45, 2.75) is 77.7 Å². The topological polar surface area (TPSA) is 54.4 Å². The molecule has 4 saturated carbocycles. The molecular weight excluding hydrogens is 288 g/mol. The summed E-state index contributed by atoms with van der Waals surface area (Å²) in [5, 5.41) is 10.9. The first kappa shape index (κ1) is 15.8. The van der Waals surface area contributed by atoms with Crippen molar-refractivity contribution in [3.05, 3.63) is 0 Å². The normalized spacial score (nSPS) is 56.0. The highest BCUT2D eigenvalue weighted by Crippen LogP contribution is 2.67. The van der Waals surface area contributed by atoms with E-state index in [0.717, 1.165) is 32.1 Å². The molecule has 0 unspecified atom stereocenters. The van der Waals surface area contributed by atoms with E-state index in [1.54, 1.807) is 0 Å². The van der Waals surface area contributed by atoms with Crippen molar-refractivity contribution in [3.63, 3.8) is 0 Å². The van der Waals surface area contributed by atoms with Crippen molar-refractivity contribution < 1.29 is 14.7 Å². The lowest BCUT2D eigenvalue weighted by Gasteiger charge is -2.60. The van der Waals surface area contributed by atoms with E-state index in [4.69, 9.17) is 0 Å². The van der Waals surface area contributed by atoms with E-state index >= 15 is 0 Å². The highest BCUT2D eigenvalue weighted by atomic mass is 16.3. The fourth-order valence-corrected chi connectivity index (χ4v) is 7.08. The van der Waals surface area contributed by atoms with Gasteiger partial charge in [0.15, 0.2) is 0 Å². The number of ketones is 2. The van der Waals surface area contributed by atoms with Crippen LogP contribution in [0.1, 0.15) is 72.1 Å². The number of rotatable bonds is 0. The summed E-state index contributed by atoms with van der Waals surface area (Å²) in [4.78, 5) is 24.8. The van der Waals surface area contributed by atoms with Gasteiger partial charge in [0.05, 0.1) is 5.60 Å². The quantitative estimate of drug-likeness (QED) is 0.743. The zero-order valence-electron chi connectivity index (χ0n) is 14.7. The molecule has 0 bridgehead atoms. The highest BCUT2D eigenvalue weighted by Gasteiger charge is 2.64. The Morgan fingerprint density at radius 2 is 1.65 bits per heavy atom. The molecule has 0 radical (unpaired) electrons. The maximum atomic E-state index is 12.9. The summed E-state index contributed by atoms with van der Waals surface area (Å²) in [7, 11) is 0. The fraction of sp³-hybridized carbons (Fsp3) is 0.900. The molecule has 7 atom stereocenters. The van der Waals surface area contributed by atoms with Crippen molar-refractivity contribution >= 4 is 11.6 Å². The Balaban J connectivity index is 1.70. The summed E-state index contributed by atoms with van der Waals surface area (Å²) in [6, 6.07) is 0. The van der Waals surface area contributed by atoms with E-state index in [1.807, 2.05) is 6.92 Å². The highest BCUT2D eigenvalue weighted by molar-refractivity contribution is 5.90. The van der Waals surface area contributed by atoms with Gasteiger partial charge in [0.1, 0.15) is 11.6 Å². The number of hydrogen-bond acceptors (Lipinski definition) is 3. The van der Waals surface area contributed by atoms with Gasteiger partial charge in [-0.2, -0.15) is 0 Å². The number of Topliss-reactive ketones (excluding diaryl/α,β-unsaturated/α-hetero) is 2. The molecule has 0 amide bonds. The van der Waals surface area contributed by atoms with Crippen LogP contribution in [0, 0.1) is 34.5 Å². The van der Waals surface area contributed by atoms with E-state index in [-0.39, 0.29) is 22.5 Å². The van der Waals surface area contributed by atoms with Gasteiger partial charge in [0.2, 0.25) is 0 Å². The van der Waals surface area contributed by atoms with Gasteiger partial charge in [0, 0.05) is 25.2 Å². The maximum Gasteiger partial charge on any atom is 0.137 e. The molecule has 4 fully saturated rings. The van der Waals surface area contributed by atoms with Gasteiger partial charge in [-0.05, 0) is 67.6 Å². The molecule has 0 saturated heterocycles. The lowest BCUT2D eigenvalue weighted by Crippen LogP contribution is -2.58. The maximum absolute atomic E-state index is 12.9. The van der Waals surface area contributed by atoms with Gasteiger partial charge in [0.25, 0.3) is 0 Å². The Hall–Kier alpha value is -0.700. The molecule has 3 heteroatoms. The van der Waals surface area contributed by atoms with Crippen molar-refractivity contribution in [3.8, 4) is 0 Å². The number of aliphatic hydroxyl groups is 1. The van der Waals surface area contributed by atoms with E-state index in [2.05, 4.69) is 13.8 Å². The molecule has 0 heterocycles. The number of carbonyl (C=O) groups is 2. The van der Waals surface area contributed by atoms with Crippen LogP contribution in [-0.2, 0) is 9.59 Å². The Kier molecular flexibility index (Phi) is 3.22. The minimum atomic E-state index is -0.591. The molecule has 4 aliphatic carbocycles. The van der Waals surface area contributed by atoms with E-state index < -0.39 is 5.60 Å². The predicted molar refractivity (Wildman–Crippen MR) is 87.7 cm³/mol. The van der Waals surface area contributed by atoms with Gasteiger partial charge in [-0.1, -0.05) is 13.8 Å². The van der Waals surface area contributed by atoms with Gasteiger partial charge in [-0.3, -0.25) is 9.59 Å². The minimum absolute atomic E-state index is 0.0175. The monoisotopic (exact) mass is 318 g/mol. The molecule has 4 aliphatic rings. The second-order valence-electron chi connectivity index (χ2n) is 9.62. The molecule has 128 valence electrons. The average Bonchev–Trinajstić information content (AvgIpc) is 2.72. The van der Waals surface area contributed by atoms with Crippen LogP contribution in [0.25, 0.3) is 0 Å². The second kappa shape index (κ2) is 4.68. The van der Waals surface area contributed by atoms with Gasteiger partial charge < -0.3 is 5.11 Å². The summed E-state index contributed by atoms with van der Waals surface area (Å²) in [6.07, 6.45) is 6.78. The Labute approximate surface area is 139 Å². The number of hydrogen-bond donors (Lipinski definition) is 1. The summed E-state index contributed by atoms with van der Waals surface area (Å²) >= 11 is 0. The van der Waals surface area contributed by atoms with Gasteiger partial charge in [-0.15, -0.1) is 0 Å². The molecule has 0 spiro atoms. The third kappa shape index (κ3) is 1.92. The molecule has 0 aromatic carbocycles. The van der Waals surface area contributed by atoms with Crippen molar-refractivity contribution in [2.75, 3.05) is 0 Å². The molecule has 0 aromatic rings. The van der Waals surface area contributed by atoms with Gasteiger partial charge >= 0.3 is 0 Å². The Bertz CT molecular complexity index is 565. The SMILES string of the molecule is C[C@]12CCC(=O)C[C@@H]1C(=O)C[C@@H]1[C@H]2CC[C@@]2(C)[C@@H]1CC[C@]2(C)O. The molecule has 4 rings (SSSR count). The lowest BCUT2D eigenvalue weighted by molar-refractivity contribution is -0.166. The third-order valence-electron chi connectivity index (χ3n) is 8.84. The zero-order chi connectivity index (χ0) is 16.6. The van der Waals surface area contributed by atoms with Crippen LogP contribution in [0.4, 0.5) is 0 Å². The standard InChI is InChI=1S/C20H30O3/c1-18-7-4-12(21)10-16(18)17(22)11-13-14(18)5-8-19(2)15(13)6-9-20(19,3)23/h13-16,23H,4-11H2,1-3H3/t13-,14-,15-,16-,18-,19+,20+/m1/s1. The van der Waals surface area contributed by atoms with Crippen LogP contribution in [0.15, 0.2) is 0 Å². The number of fused-ring (bicyclic) bond motifs is 5. The summed E-state index contributed by atoms with van der Waals surface area (Å²) in [5.41, 5.74) is -0.613. The van der Waals surface area contributed by atoms with E-state index in [0.29, 0.717) is 42.8 Å². The van der Waals surface area contributed by atoms with E-state index in [1.165, 1.54) is 0 Å². The van der Waals surface area contributed by atoms with Crippen LogP contribution in [-0.4, -0.2) is 22.3 Å². The molecule has 1 N–H and O–H groups in total. The first-order valence-corrected chi connectivity index (χ1v) is 9.46. The summed E-state index contributed by atoms with van der Waals surface area (Å²) in [6.45, 7) is 6.54. The van der Waals surface area contributed by atoms with Gasteiger partial charge in [-0.25, -0.2) is 0 Å². The fourth-order valence-electron chi connectivity index (χ4n) is 7.08. The first-order valence-electron chi connectivity index (χ1n) is 9.46. The summed E-state index contributed by atoms with van der Waals surface area (Å²) < 4.78 is 0.